The first-order valence-electron chi connectivity index (χ1n) is 7.48. The van der Waals surface area contributed by atoms with Crippen LogP contribution in [-0.4, -0.2) is 68.3 Å². The van der Waals surface area contributed by atoms with Gasteiger partial charge in [0.05, 0.1) is 0 Å². The molecule has 1 unspecified atom stereocenters. The van der Waals surface area contributed by atoms with E-state index in [1.165, 1.54) is 38.9 Å². The lowest BCUT2D eigenvalue weighted by Gasteiger charge is -2.41. The Morgan fingerprint density at radius 1 is 1.17 bits per heavy atom. The van der Waals surface area contributed by atoms with Gasteiger partial charge in [-0.15, -0.1) is 0 Å². The van der Waals surface area contributed by atoms with Crippen LogP contribution in [0.5, 0.6) is 0 Å². The molecule has 0 amide bonds. The molecule has 2 aliphatic rings. The molecule has 0 aromatic rings. The molecule has 2 aliphatic heterocycles. The van der Waals surface area contributed by atoms with Gasteiger partial charge in [-0.05, 0) is 52.2 Å². The van der Waals surface area contributed by atoms with Crippen LogP contribution >= 0.6 is 0 Å². The molecule has 4 heteroatoms. The molecule has 0 aromatic heterocycles. The van der Waals surface area contributed by atoms with E-state index in [0.29, 0.717) is 0 Å². The summed E-state index contributed by atoms with van der Waals surface area (Å²) in [6.07, 6.45) is 6.16. The molecule has 4 nitrogen and oxygen atoms in total. The molecular weight excluding hydrogens is 226 g/mol. The first kappa shape index (κ1) is 14.3. The van der Waals surface area contributed by atoms with Gasteiger partial charge in [0.25, 0.3) is 0 Å². The second-order valence-electron chi connectivity index (χ2n) is 5.86. The molecule has 18 heavy (non-hydrogen) atoms. The highest BCUT2D eigenvalue weighted by Gasteiger charge is 2.34. The second kappa shape index (κ2) is 6.85. The summed E-state index contributed by atoms with van der Waals surface area (Å²) in [5.41, 5.74) is 6.26. The Kier molecular flexibility index (Phi) is 5.42. The molecule has 0 radical (unpaired) electrons. The van der Waals surface area contributed by atoms with Crippen molar-refractivity contribution in [2.45, 2.75) is 37.6 Å². The lowest BCUT2D eigenvalue weighted by atomic mass is 9.89. The maximum absolute atomic E-state index is 6.08. The van der Waals surface area contributed by atoms with Gasteiger partial charge in [0, 0.05) is 38.4 Å². The van der Waals surface area contributed by atoms with Crippen molar-refractivity contribution < 1.29 is 4.74 Å². The third-order valence-corrected chi connectivity index (χ3v) is 4.78. The molecule has 0 spiro atoms. The molecule has 106 valence electrons. The molecule has 2 heterocycles. The van der Waals surface area contributed by atoms with E-state index in [9.17, 15) is 0 Å². The van der Waals surface area contributed by atoms with E-state index >= 15 is 0 Å². The molecule has 0 bridgehead atoms. The lowest BCUT2D eigenvalue weighted by Crippen LogP contribution is -2.54. The fourth-order valence-corrected chi connectivity index (χ4v) is 3.27. The molecule has 0 saturated carbocycles. The van der Waals surface area contributed by atoms with Crippen molar-refractivity contribution in [1.29, 1.82) is 0 Å². The Morgan fingerprint density at radius 3 is 2.67 bits per heavy atom. The quantitative estimate of drug-likeness (QED) is 0.793. The number of hydrogen-bond acceptors (Lipinski definition) is 4. The average Bonchev–Trinajstić information content (AvgIpc) is 2.79. The van der Waals surface area contributed by atoms with Gasteiger partial charge in [0.15, 0.2) is 0 Å². The van der Waals surface area contributed by atoms with Crippen molar-refractivity contribution in [1.82, 2.24) is 9.80 Å². The van der Waals surface area contributed by atoms with Crippen LogP contribution in [0, 0.1) is 0 Å². The highest BCUT2D eigenvalue weighted by molar-refractivity contribution is 4.91. The van der Waals surface area contributed by atoms with Crippen molar-refractivity contribution >= 4 is 0 Å². The number of hydrogen-bond donors (Lipinski definition) is 1. The number of ether oxygens (including phenoxy) is 1. The number of rotatable bonds is 5. The molecular formula is C14H29N3O. The van der Waals surface area contributed by atoms with Crippen molar-refractivity contribution in [2.75, 3.05) is 53.0 Å². The Labute approximate surface area is 111 Å². The standard InChI is InChI=1S/C14H29N3O/c1-16(9-10-17-7-2-3-8-17)14(13-15)5-4-11-18-12-6-14/h2-13,15H2,1H3. The number of nitrogens with two attached hydrogens (primary N) is 1. The third-order valence-electron chi connectivity index (χ3n) is 4.78. The predicted molar refractivity (Wildman–Crippen MR) is 74.8 cm³/mol. The summed E-state index contributed by atoms with van der Waals surface area (Å²) in [5, 5.41) is 0. The van der Waals surface area contributed by atoms with Crippen molar-refractivity contribution in [3.63, 3.8) is 0 Å². The largest absolute Gasteiger partial charge is 0.381 e. The average molecular weight is 255 g/mol. The summed E-state index contributed by atoms with van der Waals surface area (Å²) >= 11 is 0. The van der Waals surface area contributed by atoms with Crippen LogP contribution in [0.2, 0.25) is 0 Å². The Morgan fingerprint density at radius 2 is 1.94 bits per heavy atom. The van der Waals surface area contributed by atoms with Crippen LogP contribution < -0.4 is 5.73 Å². The maximum atomic E-state index is 6.08. The minimum atomic E-state index is 0.177. The zero-order chi connectivity index (χ0) is 12.8. The monoisotopic (exact) mass is 255 g/mol. The zero-order valence-electron chi connectivity index (χ0n) is 11.9. The van der Waals surface area contributed by atoms with Gasteiger partial charge in [-0.25, -0.2) is 0 Å². The van der Waals surface area contributed by atoms with Gasteiger partial charge in [-0.3, -0.25) is 4.90 Å². The summed E-state index contributed by atoms with van der Waals surface area (Å²) in [6.45, 7) is 7.43. The first-order chi connectivity index (χ1) is 8.77. The van der Waals surface area contributed by atoms with E-state index < -0.39 is 0 Å². The fraction of sp³-hybridized carbons (Fsp3) is 1.00. The predicted octanol–water partition coefficient (Wildman–Crippen LogP) is 0.912. The van der Waals surface area contributed by atoms with Gasteiger partial charge in [-0.1, -0.05) is 0 Å². The summed E-state index contributed by atoms with van der Waals surface area (Å²) in [5.74, 6) is 0. The van der Waals surface area contributed by atoms with Gasteiger partial charge in [0.2, 0.25) is 0 Å². The first-order valence-corrected chi connectivity index (χ1v) is 7.48. The topological polar surface area (TPSA) is 41.7 Å². The molecule has 0 aromatic carbocycles. The van der Waals surface area contributed by atoms with Crippen LogP contribution in [0.25, 0.3) is 0 Å². The van der Waals surface area contributed by atoms with Crippen LogP contribution in [-0.2, 0) is 4.74 Å². The third kappa shape index (κ3) is 3.44. The van der Waals surface area contributed by atoms with E-state index in [1.54, 1.807) is 0 Å². The summed E-state index contributed by atoms with van der Waals surface area (Å²) < 4.78 is 5.59. The highest BCUT2D eigenvalue weighted by Crippen LogP contribution is 2.26. The van der Waals surface area contributed by atoms with Gasteiger partial charge < -0.3 is 15.4 Å². The van der Waals surface area contributed by atoms with Crippen molar-refractivity contribution in [2.24, 2.45) is 5.73 Å². The molecule has 2 saturated heterocycles. The Bertz CT molecular complexity index is 233. The van der Waals surface area contributed by atoms with E-state index in [1.807, 2.05) is 0 Å². The SMILES string of the molecule is CN(CCN1CCCC1)C1(CN)CCCOCC1. The van der Waals surface area contributed by atoms with E-state index in [0.717, 1.165) is 39.1 Å². The van der Waals surface area contributed by atoms with Crippen LogP contribution in [0.1, 0.15) is 32.1 Å². The molecule has 0 aliphatic carbocycles. The lowest BCUT2D eigenvalue weighted by molar-refractivity contribution is 0.0816. The van der Waals surface area contributed by atoms with Crippen LogP contribution in [0.4, 0.5) is 0 Å². The smallest absolute Gasteiger partial charge is 0.0484 e. The number of likely N-dealkylation sites (tertiary alicyclic amines) is 1. The minimum Gasteiger partial charge on any atom is -0.381 e. The van der Waals surface area contributed by atoms with Gasteiger partial charge in [0.1, 0.15) is 0 Å². The van der Waals surface area contributed by atoms with Crippen LogP contribution in [0.3, 0.4) is 0 Å². The van der Waals surface area contributed by atoms with Crippen molar-refractivity contribution in [3.8, 4) is 0 Å². The number of nitrogens with zero attached hydrogens (tertiary/aromatic N) is 2. The molecule has 1 atom stereocenters. The van der Waals surface area contributed by atoms with Crippen LogP contribution in [0.15, 0.2) is 0 Å². The minimum absolute atomic E-state index is 0.177. The summed E-state index contributed by atoms with van der Waals surface area (Å²) in [7, 11) is 2.24. The normalized spacial score (nSPS) is 30.8. The van der Waals surface area contributed by atoms with E-state index in [2.05, 4.69) is 16.8 Å². The van der Waals surface area contributed by atoms with E-state index in [4.69, 9.17) is 10.5 Å². The maximum Gasteiger partial charge on any atom is 0.0484 e. The summed E-state index contributed by atoms with van der Waals surface area (Å²) in [4.78, 5) is 5.08. The molecule has 2 rings (SSSR count). The zero-order valence-corrected chi connectivity index (χ0v) is 11.9. The van der Waals surface area contributed by atoms with Gasteiger partial charge in [-0.2, -0.15) is 0 Å². The van der Waals surface area contributed by atoms with E-state index in [-0.39, 0.29) is 5.54 Å². The fourth-order valence-electron chi connectivity index (χ4n) is 3.27. The summed E-state index contributed by atoms with van der Waals surface area (Å²) in [6, 6.07) is 0. The Balaban J connectivity index is 1.84. The molecule has 2 fully saturated rings. The highest BCUT2D eigenvalue weighted by atomic mass is 16.5. The molecule has 2 N–H and O–H groups in total. The number of likely N-dealkylation sites (N-methyl/N-ethyl adjacent to an activating group) is 1. The second-order valence-corrected chi connectivity index (χ2v) is 5.86. The van der Waals surface area contributed by atoms with Gasteiger partial charge >= 0.3 is 0 Å². The Hall–Kier alpha value is -0.160. The van der Waals surface area contributed by atoms with Crippen molar-refractivity contribution in [3.05, 3.63) is 0 Å².